The van der Waals surface area contributed by atoms with Crippen molar-refractivity contribution in [2.45, 2.75) is 19.6 Å². The number of thiophene rings is 1. The molecule has 4 heteroatoms. The van der Waals surface area contributed by atoms with Crippen molar-refractivity contribution in [3.8, 4) is 5.75 Å². The first-order valence-corrected chi connectivity index (χ1v) is 10.4. The topological polar surface area (TPSA) is 24.5 Å². The lowest BCUT2D eigenvalue weighted by atomic mass is 10.0. The molecule has 1 aromatic heterocycles. The fourth-order valence-corrected chi connectivity index (χ4v) is 4.65. The number of aryl methyl sites for hydroxylation is 1. The van der Waals surface area contributed by atoms with Crippen molar-refractivity contribution in [3.05, 3.63) is 87.6 Å². The van der Waals surface area contributed by atoms with E-state index in [0.29, 0.717) is 12.6 Å². The molecule has 0 amide bonds. The molecule has 140 valence electrons. The predicted octanol–water partition coefficient (Wildman–Crippen LogP) is 4.63. The summed E-state index contributed by atoms with van der Waals surface area (Å²) >= 11 is 1.90. The van der Waals surface area contributed by atoms with Gasteiger partial charge < -0.3 is 10.1 Å². The number of rotatable bonds is 6. The Labute approximate surface area is 165 Å². The lowest BCUT2D eigenvalue weighted by Crippen LogP contribution is -2.45. The highest BCUT2D eigenvalue weighted by molar-refractivity contribution is 7.12. The van der Waals surface area contributed by atoms with Crippen LogP contribution in [0.15, 0.2) is 66.7 Å². The largest absolute Gasteiger partial charge is 0.489 e. The molecule has 2 heterocycles. The van der Waals surface area contributed by atoms with E-state index in [1.807, 2.05) is 17.4 Å². The number of hydrogen-bond acceptors (Lipinski definition) is 4. The Balaban J connectivity index is 1.58. The first-order valence-electron chi connectivity index (χ1n) is 9.57. The van der Waals surface area contributed by atoms with Gasteiger partial charge in [-0.2, -0.15) is 0 Å². The normalized spacial score (nSPS) is 16.2. The van der Waals surface area contributed by atoms with Crippen molar-refractivity contribution < 1.29 is 4.74 Å². The van der Waals surface area contributed by atoms with E-state index in [2.05, 4.69) is 77.8 Å². The highest BCUT2D eigenvalue weighted by Gasteiger charge is 2.25. The summed E-state index contributed by atoms with van der Waals surface area (Å²) in [6, 6.07) is 23.8. The Morgan fingerprint density at radius 1 is 1.00 bits per heavy atom. The molecule has 3 nitrogen and oxygen atoms in total. The molecule has 1 aliphatic rings. The van der Waals surface area contributed by atoms with Gasteiger partial charge in [-0.05, 0) is 42.3 Å². The van der Waals surface area contributed by atoms with Gasteiger partial charge in [0.25, 0.3) is 0 Å². The zero-order valence-corrected chi connectivity index (χ0v) is 16.5. The van der Waals surface area contributed by atoms with Crippen molar-refractivity contribution in [3.63, 3.8) is 0 Å². The van der Waals surface area contributed by atoms with E-state index in [4.69, 9.17) is 4.74 Å². The molecule has 0 saturated carbocycles. The Bertz CT molecular complexity index is 856. The summed E-state index contributed by atoms with van der Waals surface area (Å²) in [6.45, 7) is 7.01. The smallest absolute Gasteiger partial charge is 0.120 e. The van der Waals surface area contributed by atoms with Crippen LogP contribution in [0.1, 0.15) is 26.9 Å². The first-order chi connectivity index (χ1) is 13.3. The minimum absolute atomic E-state index is 0.297. The average Bonchev–Trinajstić information content (AvgIpc) is 3.14. The van der Waals surface area contributed by atoms with Crippen LogP contribution < -0.4 is 10.1 Å². The zero-order chi connectivity index (χ0) is 18.5. The highest BCUT2D eigenvalue weighted by Crippen LogP contribution is 2.35. The van der Waals surface area contributed by atoms with E-state index >= 15 is 0 Å². The number of hydrogen-bond donors (Lipinski definition) is 1. The van der Waals surface area contributed by atoms with Gasteiger partial charge in [-0.1, -0.05) is 42.5 Å². The maximum absolute atomic E-state index is 6.08. The summed E-state index contributed by atoms with van der Waals surface area (Å²) in [4.78, 5) is 5.36. The van der Waals surface area contributed by atoms with Crippen LogP contribution in [-0.4, -0.2) is 31.1 Å². The van der Waals surface area contributed by atoms with Crippen LogP contribution in [0.4, 0.5) is 0 Å². The molecule has 0 aliphatic carbocycles. The van der Waals surface area contributed by atoms with Gasteiger partial charge in [-0.25, -0.2) is 0 Å². The summed E-state index contributed by atoms with van der Waals surface area (Å²) in [5.74, 6) is 0.935. The molecule has 0 radical (unpaired) electrons. The van der Waals surface area contributed by atoms with Gasteiger partial charge in [0, 0.05) is 35.9 Å². The van der Waals surface area contributed by atoms with E-state index in [0.717, 1.165) is 31.9 Å². The summed E-state index contributed by atoms with van der Waals surface area (Å²) < 4.78 is 6.08. The quantitative estimate of drug-likeness (QED) is 0.677. The fourth-order valence-electron chi connectivity index (χ4n) is 3.61. The van der Waals surface area contributed by atoms with Gasteiger partial charge in [0.05, 0.1) is 6.04 Å². The molecule has 2 aromatic carbocycles. The second kappa shape index (κ2) is 8.70. The molecule has 3 aromatic rings. The predicted molar refractivity (Wildman–Crippen MR) is 113 cm³/mol. The van der Waals surface area contributed by atoms with Gasteiger partial charge in [0.1, 0.15) is 12.4 Å². The Hall–Kier alpha value is -2.14. The molecule has 4 rings (SSSR count). The van der Waals surface area contributed by atoms with Crippen molar-refractivity contribution in [2.24, 2.45) is 0 Å². The lowest BCUT2D eigenvalue weighted by molar-refractivity contribution is 0.200. The molecule has 27 heavy (non-hydrogen) atoms. The second-order valence-corrected chi connectivity index (χ2v) is 8.30. The summed E-state index contributed by atoms with van der Waals surface area (Å²) in [7, 11) is 0. The van der Waals surface area contributed by atoms with Crippen LogP contribution in [-0.2, 0) is 6.61 Å². The van der Waals surface area contributed by atoms with Crippen LogP contribution in [0, 0.1) is 6.92 Å². The standard InChI is InChI=1S/C23H26N2OS/c1-18-10-11-22(27-18)23(25-14-12-24-13-15-25)20-8-5-9-21(16-20)26-17-19-6-3-2-4-7-19/h2-11,16,23-24H,12-15,17H2,1H3. The molecule has 1 atom stereocenters. The number of benzene rings is 2. The van der Waals surface area contributed by atoms with Gasteiger partial charge >= 0.3 is 0 Å². The fraction of sp³-hybridized carbons (Fsp3) is 0.304. The van der Waals surface area contributed by atoms with Gasteiger partial charge in [0.2, 0.25) is 0 Å². The second-order valence-electron chi connectivity index (χ2n) is 6.98. The van der Waals surface area contributed by atoms with E-state index in [1.54, 1.807) is 0 Å². The van der Waals surface area contributed by atoms with E-state index in [9.17, 15) is 0 Å². The number of ether oxygens (including phenoxy) is 1. The molecular formula is C23H26N2OS. The first kappa shape index (κ1) is 18.2. The summed E-state index contributed by atoms with van der Waals surface area (Å²) in [6.07, 6.45) is 0. The maximum atomic E-state index is 6.08. The van der Waals surface area contributed by atoms with E-state index in [-0.39, 0.29) is 0 Å². The van der Waals surface area contributed by atoms with Gasteiger partial charge in [-0.3, -0.25) is 4.90 Å². The third-order valence-corrected chi connectivity index (χ3v) is 6.02. The molecule has 1 aliphatic heterocycles. The molecular weight excluding hydrogens is 352 g/mol. The van der Waals surface area contributed by atoms with Crippen LogP contribution in [0.3, 0.4) is 0 Å². The highest BCUT2D eigenvalue weighted by atomic mass is 32.1. The van der Waals surface area contributed by atoms with Crippen molar-refractivity contribution in [1.29, 1.82) is 0 Å². The summed E-state index contributed by atoms with van der Waals surface area (Å²) in [5, 5.41) is 3.46. The third kappa shape index (κ3) is 4.59. The number of piperazine rings is 1. The molecule has 1 fully saturated rings. The Kier molecular flexibility index (Phi) is 5.87. The monoisotopic (exact) mass is 378 g/mol. The minimum atomic E-state index is 0.297. The van der Waals surface area contributed by atoms with Crippen LogP contribution in [0.5, 0.6) is 5.75 Å². The molecule has 1 N–H and O–H groups in total. The van der Waals surface area contributed by atoms with Gasteiger partial charge in [0.15, 0.2) is 0 Å². The van der Waals surface area contributed by atoms with E-state index in [1.165, 1.54) is 20.9 Å². The molecule has 1 unspecified atom stereocenters. The maximum Gasteiger partial charge on any atom is 0.120 e. The van der Waals surface area contributed by atoms with Crippen molar-refractivity contribution >= 4 is 11.3 Å². The van der Waals surface area contributed by atoms with Crippen molar-refractivity contribution in [1.82, 2.24) is 10.2 Å². The van der Waals surface area contributed by atoms with Crippen molar-refractivity contribution in [2.75, 3.05) is 26.2 Å². The van der Waals surface area contributed by atoms with Crippen LogP contribution >= 0.6 is 11.3 Å². The zero-order valence-electron chi connectivity index (χ0n) is 15.7. The third-order valence-electron chi connectivity index (χ3n) is 4.97. The van der Waals surface area contributed by atoms with Gasteiger partial charge in [-0.15, -0.1) is 11.3 Å². The van der Waals surface area contributed by atoms with Crippen LogP contribution in [0.25, 0.3) is 0 Å². The minimum Gasteiger partial charge on any atom is -0.489 e. The van der Waals surface area contributed by atoms with E-state index < -0.39 is 0 Å². The van der Waals surface area contributed by atoms with Crippen LogP contribution in [0.2, 0.25) is 0 Å². The Morgan fingerprint density at radius 3 is 2.56 bits per heavy atom. The SMILES string of the molecule is Cc1ccc(C(c2cccc(OCc3ccccc3)c2)N2CCNCC2)s1. The average molecular weight is 379 g/mol. The molecule has 0 spiro atoms. The lowest BCUT2D eigenvalue weighted by Gasteiger charge is -2.35. The molecule has 1 saturated heterocycles. The number of nitrogens with zero attached hydrogens (tertiary/aromatic N) is 1. The Morgan fingerprint density at radius 2 is 1.81 bits per heavy atom. The summed E-state index contributed by atoms with van der Waals surface area (Å²) in [5.41, 5.74) is 2.50. The molecule has 0 bridgehead atoms. The number of nitrogens with one attached hydrogen (secondary N) is 1.